The van der Waals surface area contributed by atoms with E-state index in [9.17, 15) is 89.8 Å². The molecule has 0 atom stereocenters. The molecule has 0 aliphatic rings. The highest BCUT2D eigenvalue weighted by molar-refractivity contribution is 5.92. The number of halogens is 15. The van der Waals surface area contributed by atoms with E-state index in [1.807, 2.05) is 0 Å². The maximum atomic E-state index is 14.1. The Balaban J connectivity index is 1.52. The Labute approximate surface area is 388 Å². The van der Waals surface area contributed by atoms with Crippen molar-refractivity contribution in [1.82, 2.24) is 5.32 Å². The molecule has 13 nitrogen and oxygen atoms in total. The van der Waals surface area contributed by atoms with Gasteiger partial charge >= 0.3 is 29.8 Å². The summed E-state index contributed by atoms with van der Waals surface area (Å²) in [6.45, 7) is -4.89. The number of hydrogen-bond acceptors (Lipinski definition) is 13. The van der Waals surface area contributed by atoms with Crippen molar-refractivity contribution in [3.05, 3.63) is 123 Å². The van der Waals surface area contributed by atoms with Crippen LogP contribution in [-0.4, -0.2) is 75.0 Å². The smallest absolute Gasteiger partial charge is 0.322 e. The standard InChI is InChI=1S/C43H32F15NO12/c44-25-28(47)34(53)40(35(54)29(25)48)69-21(61)9-12-65-16-43(59-11-5-4-8-20(60)67-15-19-6-2-1-3-7-19,17-66-13-10-22(62)70-41-36(55)30(49)26(45)31(50)37(41)56)18-68-23(63)14-24(64)71-42-38(57)32(51)27(46)33(52)39(42)58/h1-3,6-7,59H,4-5,8-18H2. The number of carbonyl (C=O) groups excluding carboxylic acids is 5. The molecule has 4 aromatic carbocycles. The van der Waals surface area contributed by atoms with Crippen molar-refractivity contribution in [2.45, 2.75) is 50.7 Å². The number of carbonyl (C=O) groups is 5. The molecule has 0 amide bonds. The zero-order valence-electron chi connectivity index (χ0n) is 35.6. The molecule has 0 saturated carbocycles. The topological polar surface area (TPSA) is 162 Å². The molecule has 0 radical (unpaired) electrons. The molecule has 0 aliphatic heterocycles. The molecule has 0 saturated heterocycles. The van der Waals surface area contributed by atoms with Crippen molar-refractivity contribution in [2.24, 2.45) is 0 Å². The van der Waals surface area contributed by atoms with Gasteiger partial charge in [0.05, 0.1) is 44.8 Å². The number of hydrogen-bond donors (Lipinski definition) is 1. The quantitative estimate of drug-likeness (QED) is 0.0130. The summed E-state index contributed by atoms with van der Waals surface area (Å²) < 4.78 is 241. The van der Waals surface area contributed by atoms with Crippen LogP contribution in [0.3, 0.4) is 0 Å². The molecule has 0 aliphatic carbocycles. The van der Waals surface area contributed by atoms with Gasteiger partial charge in [0.2, 0.25) is 105 Å². The van der Waals surface area contributed by atoms with E-state index in [1.54, 1.807) is 30.3 Å². The van der Waals surface area contributed by atoms with Gasteiger partial charge in [0, 0.05) is 6.42 Å². The molecule has 0 unspecified atom stereocenters. The average Bonchev–Trinajstić information content (AvgIpc) is 3.35. The van der Waals surface area contributed by atoms with Gasteiger partial charge in [-0.25, -0.2) is 39.5 Å². The van der Waals surface area contributed by atoms with E-state index in [4.69, 9.17) is 18.9 Å². The van der Waals surface area contributed by atoms with Crippen LogP contribution in [0.15, 0.2) is 30.3 Å². The molecule has 4 rings (SSSR count). The Morgan fingerprint density at radius 1 is 0.408 bits per heavy atom. The van der Waals surface area contributed by atoms with Crippen molar-refractivity contribution in [2.75, 3.05) is 39.6 Å². The first kappa shape index (κ1) is 56.6. The highest BCUT2D eigenvalue weighted by atomic mass is 19.2. The lowest BCUT2D eigenvalue weighted by Crippen LogP contribution is -2.57. The fourth-order valence-corrected chi connectivity index (χ4v) is 5.57. The van der Waals surface area contributed by atoms with Crippen LogP contribution in [0.1, 0.15) is 44.1 Å². The van der Waals surface area contributed by atoms with E-state index < -0.39 is 192 Å². The van der Waals surface area contributed by atoms with Crippen molar-refractivity contribution >= 4 is 29.8 Å². The third kappa shape index (κ3) is 15.0. The minimum atomic E-state index is -2.62. The minimum absolute atomic E-state index is 0.0346. The highest BCUT2D eigenvalue weighted by Gasteiger charge is 2.35. The third-order valence-electron chi connectivity index (χ3n) is 9.16. The Bertz CT molecular complexity index is 2450. The first-order valence-corrected chi connectivity index (χ1v) is 19.9. The summed E-state index contributed by atoms with van der Waals surface area (Å²) in [5, 5.41) is 2.79. The fraction of sp³-hybridized carbons (Fsp3) is 0.326. The molecule has 28 heteroatoms. The molecule has 4 aromatic rings. The molecule has 0 bridgehead atoms. The lowest BCUT2D eigenvalue weighted by atomic mass is 10.0. The summed E-state index contributed by atoms with van der Waals surface area (Å²) >= 11 is 0. The predicted molar refractivity (Wildman–Crippen MR) is 203 cm³/mol. The third-order valence-corrected chi connectivity index (χ3v) is 9.16. The van der Waals surface area contributed by atoms with Gasteiger partial charge in [0.1, 0.15) is 19.6 Å². The molecule has 71 heavy (non-hydrogen) atoms. The molecular formula is C43H32F15NO12. The van der Waals surface area contributed by atoms with Crippen LogP contribution in [-0.2, 0) is 49.5 Å². The van der Waals surface area contributed by atoms with Crippen molar-refractivity contribution in [3.63, 3.8) is 0 Å². The first-order chi connectivity index (χ1) is 33.5. The average molecular weight is 1040 g/mol. The van der Waals surface area contributed by atoms with Crippen LogP contribution in [0.25, 0.3) is 0 Å². The summed E-state index contributed by atoms with van der Waals surface area (Å²) in [5.41, 5.74) is -1.38. The lowest BCUT2D eigenvalue weighted by molar-refractivity contribution is -0.154. The lowest BCUT2D eigenvalue weighted by Gasteiger charge is -2.34. The second-order valence-electron chi connectivity index (χ2n) is 14.4. The zero-order valence-corrected chi connectivity index (χ0v) is 35.6. The van der Waals surface area contributed by atoms with E-state index in [1.165, 1.54) is 0 Å². The number of ether oxygens (including phenoxy) is 7. The Morgan fingerprint density at radius 3 is 1.20 bits per heavy atom. The molecule has 0 fully saturated rings. The van der Waals surface area contributed by atoms with Gasteiger partial charge < -0.3 is 38.5 Å². The van der Waals surface area contributed by atoms with Gasteiger partial charge in [-0.3, -0.25) is 24.0 Å². The van der Waals surface area contributed by atoms with Crippen LogP contribution in [0, 0.1) is 87.3 Å². The largest absolute Gasteiger partial charge is 0.463 e. The monoisotopic (exact) mass is 1040 g/mol. The Kier molecular flexibility index (Phi) is 20.6. The molecule has 1 N–H and O–H groups in total. The van der Waals surface area contributed by atoms with Gasteiger partial charge in [-0.2, -0.15) is 26.3 Å². The van der Waals surface area contributed by atoms with E-state index >= 15 is 0 Å². The second kappa shape index (κ2) is 25.8. The first-order valence-electron chi connectivity index (χ1n) is 19.9. The molecule has 0 heterocycles. The summed E-state index contributed by atoms with van der Waals surface area (Å²) in [6.07, 6.45) is -3.77. The summed E-state index contributed by atoms with van der Waals surface area (Å²) in [5.74, 6) is -51.6. The van der Waals surface area contributed by atoms with Gasteiger partial charge in [-0.15, -0.1) is 0 Å². The molecule has 0 spiro atoms. The highest BCUT2D eigenvalue weighted by Crippen LogP contribution is 2.32. The van der Waals surface area contributed by atoms with Crippen LogP contribution >= 0.6 is 0 Å². The molecular weight excluding hydrogens is 1010 g/mol. The van der Waals surface area contributed by atoms with Crippen LogP contribution < -0.4 is 19.5 Å². The van der Waals surface area contributed by atoms with Crippen molar-refractivity contribution in [1.29, 1.82) is 0 Å². The Morgan fingerprint density at radius 2 is 0.789 bits per heavy atom. The fourth-order valence-electron chi connectivity index (χ4n) is 5.57. The summed E-state index contributed by atoms with van der Waals surface area (Å²) in [6, 6.07) is 8.46. The SMILES string of the molecule is O=C(CCCCNC(COCCC(=O)Oc1c(F)c(F)c(F)c(F)c1F)(COCCC(=O)Oc1c(F)c(F)c(F)c(F)c1F)COC(=O)CC(=O)Oc1c(F)c(F)c(F)c(F)c1F)OCc1ccccc1. The van der Waals surface area contributed by atoms with Gasteiger partial charge in [0.25, 0.3) is 0 Å². The second-order valence-corrected chi connectivity index (χ2v) is 14.4. The summed E-state index contributed by atoms with van der Waals surface area (Å²) in [4.78, 5) is 62.4. The zero-order chi connectivity index (χ0) is 52.7. The maximum Gasteiger partial charge on any atom is 0.322 e. The van der Waals surface area contributed by atoms with Crippen molar-refractivity contribution in [3.8, 4) is 17.2 Å². The minimum Gasteiger partial charge on any atom is -0.463 e. The van der Waals surface area contributed by atoms with Crippen LogP contribution in [0.5, 0.6) is 17.2 Å². The number of esters is 5. The number of nitrogens with one attached hydrogen (secondary N) is 1. The predicted octanol–water partition coefficient (Wildman–Crippen LogP) is 7.88. The van der Waals surface area contributed by atoms with E-state index in [0.29, 0.717) is 5.56 Å². The number of unbranched alkanes of at least 4 members (excludes halogenated alkanes) is 1. The number of benzene rings is 4. The molecule has 0 aromatic heterocycles. The Hall–Kier alpha value is -6.94. The van der Waals surface area contributed by atoms with Gasteiger partial charge in [-0.05, 0) is 24.9 Å². The maximum absolute atomic E-state index is 14.1. The number of rotatable bonds is 25. The normalized spacial score (nSPS) is 11.4. The van der Waals surface area contributed by atoms with Crippen LogP contribution in [0.4, 0.5) is 65.9 Å². The van der Waals surface area contributed by atoms with E-state index in [0.717, 1.165) is 0 Å². The van der Waals surface area contributed by atoms with E-state index in [2.05, 4.69) is 19.5 Å². The van der Waals surface area contributed by atoms with Gasteiger partial charge in [0.15, 0.2) is 0 Å². The summed E-state index contributed by atoms with van der Waals surface area (Å²) in [7, 11) is 0. The van der Waals surface area contributed by atoms with Gasteiger partial charge in [-0.1, -0.05) is 30.3 Å². The van der Waals surface area contributed by atoms with E-state index in [-0.39, 0.29) is 32.4 Å². The molecule has 386 valence electrons. The van der Waals surface area contributed by atoms with Crippen molar-refractivity contribution < 1.29 is 123 Å². The van der Waals surface area contributed by atoms with Crippen LogP contribution in [0.2, 0.25) is 0 Å².